The lowest BCUT2D eigenvalue weighted by Crippen LogP contribution is -2.22. The Morgan fingerprint density at radius 1 is 0.860 bits per heavy atom. The number of rotatable bonds is 11. The molecule has 0 aliphatic heterocycles. The van der Waals surface area contributed by atoms with Gasteiger partial charge in [0, 0.05) is 13.0 Å². The van der Waals surface area contributed by atoms with Crippen molar-refractivity contribution in [2.75, 3.05) is 0 Å². The molecule has 8 nitrogen and oxygen atoms in total. The average Bonchev–Trinajstić information content (AvgIpc) is 3.41. The van der Waals surface area contributed by atoms with Crippen LogP contribution in [0.4, 0.5) is 0 Å². The van der Waals surface area contributed by atoms with Crippen LogP contribution in [0.15, 0.2) is 48.5 Å². The van der Waals surface area contributed by atoms with Crippen LogP contribution in [0.5, 0.6) is 11.8 Å². The summed E-state index contributed by atoms with van der Waals surface area (Å²) >= 11 is 0. The summed E-state index contributed by atoms with van der Waals surface area (Å²) in [5.74, 6) is 1.10. The number of carboxylic acids is 1. The summed E-state index contributed by atoms with van der Waals surface area (Å²) in [5.41, 5.74) is 4.57. The van der Waals surface area contributed by atoms with Crippen LogP contribution in [0.3, 0.4) is 0 Å². The summed E-state index contributed by atoms with van der Waals surface area (Å²) in [6.45, 7) is 2.78. The lowest BCUT2D eigenvalue weighted by atomic mass is 9.98. The topological polar surface area (TPSA) is 99.4 Å². The summed E-state index contributed by atoms with van der Waals surface area (Å²) in [7, 11) is 0. The highest BCUT2D eigenvalue weighted by Gasteiger charge is 2.26. The van der Waals surface area contributed by atoms with Crippen LogP contribution in [-0.4, -0.2) is 43.0 Å². The molecule has 6 rings (SSSR count). The number of benzene rings is 2. The van der Waals surface area contributed by atoms with Gasteiger partial charge in [-0.15, -0.1) is 10.2 Å². The summed E-state index contributed by atoms with van der Waals surface area (Å²) in [6, 6.07) is 15.3. The maximum Gasteiger partial charge on any atom is 0.336 e. The smallest absolute Gasteiger partial charge is 0.336 e. The summed E-state index contributed by atoms with van der Waals surface area (Å²) in [4.78, 5) is 17.0. The van der Waals surface area contributed by atoms with Crippen molar-refractivity contribution < 1.29 is 19.4 Å². The van der Waals surface area contributed by atoms with Crippen molar-refractivity contribution in [1.82, 2.24) is 19.7 Å². The van der Waals surface area contributed by atoms with E-state index in [4.69, 9.17) is 14.5 Å². The van der Waals surface area contributed by atoms with E-state index in [1.54, 1.807) is 12.1 Å². The van der Waals surface area contributed by atoms with Crippen molar-refractivity contribution in [2.45, 2.75) is 109 Å². The molecule has 226 valence electrons. The van der Waals surface area contributed by atoms with Gasteiger partial charge in [-0.3, -0.25) is 0 Å². The second kappa shape index (κ2) is 13.6. The molecule has 2 saturated carbocycles. The van der Waals surface area contributed by atoms with Crippen molar-refractivity contribution in [3.8, 4) is 22.9 Å². The number of fused-ring (bicyclic) bond motifs is 1. The molecule has 2 aromatic carbocycles. The number of hydrogen-bond acceptors (Lipinski definition) is 6. The first-order chi connectivity index (χ1) is 21.1. The molecule has 2 aliphatic carbocycles. The molecule has 0 unspecified atom stereocenters. The van der Waals surface area contributed by atoms with Gasteiger partial charge in [-0.2, -0.15) is 0 Å². The molecule has 2 heterocycles. The quantitative estimate of drug-likeness (QED) is 0.191. The monoisotopic (exact) mass is 582 g/mol. The molecule has 0 amide bonds. The first kappa shape index (κ1) is 29.1. The van der Waals surface area contributed by atoms with Gasteiger partial charge in [-0.1, -0.05) is 68.7 Å². The van der Waals surface area contributed by atoms with E-state index in [1.165, 1.54) is 38.5 Å². The fourth-order valence-electron chi connectivity index (χ4n) is 6.48. The molecule has 43 heavy (non-hydrogen) atoms. The lowest BCUT2D eigenvalue weighted by Gasteiger charge is -2.24. The second-order valence-corrected chi connectivity index (χ2v) is 12.0. The molecule has 0 atom stereocenters. The minimum atomic E-state index is -0.928. The SMILES string of the molecule is CCCCc1nc2c(OC3CCCCC3)nnc(OC3CCCCC3)c2n1Cc1ccc(-c2ccccc2C(=O)O)cc1. The summed E-state index contributed by atoms with van der Waals surface area (Å²) in [5, 5.41) is 18.9. The van der Waals surface area contributed by atoms with Gasteiger partial charge in [-0.05, 0) is 80.5 Å². The van der Waals surface area contributed by atoms with Gasteiger partial charge in [0.25, 0.3) is 11.8 Å². The van der Waals surface area contributed by atoms with E-state index in [-0.39, 0.29) is 12.2 Å². The molecule has 0 radical (unpaired) electrons. The Morgan fingerprint density at radius 2 is 1.49 bits per heavy atom. The van der Waals surface area contributed by atoms with Gasteiger partial charge in [-0.25, -0.2) is 9.78 Å². The molecule has 0 saturated heterocycles. The van der Waals surface area contributed by atoms with E-state index in [1.807, 2.05) is 24.3 Å². The van der Waals surface area contributed by atoms with Gasteiger partial charge in [0.05, 0.1) is 5.56 Å². The third kappa shape index (κ3) is 6.68. The minimum absolute atomic E-state index is 0.132. The summed E-state index contributed by atoms with van der Waals surface area (Å²) < 4.78 is 15.3. The molecule has 4 aromatic rings. The van der Waals surface area contributed by atoms with Crippen molar-refractivity contribution in [3.63, 3.8) is 0 Å². The Morgan fingerprint density at radius 3 is 2.14 bits per heavy atom. The average molecular weight is 583 g/mol. The van der Waals surface area contributed by atoms with E-state index in [2.05, 4.69) is 33.8 Å². The number of carboxylic acid groups (broad SMARTS) is 1. The third-order valence-electron chi connectivity index (χ3n) is 8.86. The second-order valence-electron chi connectivity index (χ2n) is 12.0. The van der Waals surface area contributed by atoms with Crippen LogP contribution < -0.4 is 9.47 Å². The number of aromatic carboxylic acids is 1. The molecule has 2 aliphatic rings. The van der Waals surface area contributed by atoms with E-state index in [0.29, 0.717) is 29.4 Å². The van der Waals surface area contributed by atoms with Crippen LogP contribution in [-0.2, 0) is 13.0 Å². The number of unbranched alkanes of at least 4 members (excludes halogenated alkanes) is 1. The van der Waals surface area contributed by atoms with Crippen molar-refractivity contribution in [2.24, 2.45) is 0 Å². The predicted octanol–water partition coefficient (Wildman–Crippen LogP) is 8.01. The van der Waals surface area contributed by atoms with E-state index in [0.717, 1.165) is 72.9 Å². The zero-order chi connectivity index (χ0) is 29.6. The first-order valence-electron chi connectivity index (χ1n) is 16.1. The number of carbonyl (C=O) groups is 1. The third-order valence-corrected chi connectivity index (χ3v) is 8.86. The minimum Gasteiger partial charge on any atom is -0.478 e. The van der Waals surface area contributed by atoms with Gasteiger partial charge in [0.2, 0.25) is 0 Å². The number of aromatic nitrogens is 4. The van der Waals surface area contributed by atoms with Crippen molar-refractivity contribution in [1.29, 1.82) is 0 Å². The standard InChI is InChI=1S/C35H42N4O4/c1-2-3-18-30-36-31-32(39(30)23-24-19-21-25(22-20-24)28-16-10-11-17-29(28)35(40)41)34(43-27-14-8-5-9-15-27)38-37-33(31)42-26-12-6-4-7-13-26/h10-11,16-17,19-22,26-27H,2-9,12-15,18,23H2,1H3,(H,40,41). The lowest BCUT2D eigenvalue weighted by molar-refractivity contribution is 0.0697. The Kier molecular flexibility index (Phi) is 9.20. The molecule has 2 fully saturated rings. The van der Waals surface area contributed by atoms with E-state index < -0.39 is 5.97 Å². The zero-order valence-corrected chi connectivity index (χ0v) is 25.1. The number of nitrogens with zero attached hydrogens (tertiary/aromatic N) is 4. The fraction of sp³-hybridized carbons (Fsp3) is 0.486. The molecule has 2 aromatic heterocycles. The fourth-order valence-corrected chi connectivity index (χ4v) is 6.48. The van der Waals surface area contributed by atoms with E-state index in [9.17, 15) is 9.90 Å². The number of hydrogen-bond donors (Lipinski definition) is 1. The first-order valence-corrected chi connectivity index (χ1v) is 16.1. The van der Waals surface area contributed by atoms with Gasteiger partial charge < -0.3 is 19.1 Å². The Labute approximate surface area is 253 Å². The van der Waals surface area contributed by atoms with Crippen molar-refractivity contribution in [3.05, 3.63) is 65.5 Å². The highest BCUT2D eigenvalue weighted by atomic mass is 16.5. The molecule has 0 spiro atoms. The Hall–Kier alpha value is -3.94. The normalized spacial score (nSPS) is 16.4. The number of ether oxygens (including phenoxy) is 2. The van der Waals surface area contributed by atoms with Gasteiger partial charge in [0.15, 0.2) is 5.52 Å². The number of aryl methyl sites for hydroxylation is 1. The molecular formula is C35H42N4O4. The van der Waals surface area contributed by atoms with Crippen LogP contribution in [0.2, 0.25) is 0 Å². The van der Waals surface area contributed by atoms with Crippen LogP contribution >= 0.6 is 0 Å². The van der Waals surface area contributed by atoms with Gasteiger partial charge in [0.1, 0.15) is 23.5 Å². The molecular weight excluding hydrogens is 540 g/mol. The largest absolute Gasteiger partial charge is 0.478 e. The molecule has 0 bridgehead atoms. The summed E-state index contributed by atoms with van der Waals surface area (Å²) in [6.07, 6.45) is 14.5. The highest BCUT2D eigenvalue weighted by Crippen LogP contribution is 2.35. The van der Waals surface area contributed by atoms with Crippen LogP contribution in [0.1, 0.15) is 106 Å². The van der Waals surface area contributed by atoms with Gasteiger partial charge >= 0.3 is 5.97 Å². The van der Waals surface area contributed by atoms with Crippen LogP contribution in [0, 0.1) is 0 Å². The molecule has 1 N–H and O–H groups in total. The maximum absolute atomic E-state index is 11.8. The number of imidazole rings is 1. The van der Waals surface area contributed by atoms with Crippen LogP contribution in [0.25, 0.3) is 22.2 Å². The Bertz CT molecular complexity index is 1540. The zero-order valence-electron chi connectivity index (χ0n) is 25.1. The maximum atomic E-state index is 11.8. The highest BCUT2D eigenvalue weighted by molar-refractivity contribution is 5.96. The van der Waals surface area contributed by atoms with E-state index >= 15 is 0 Å². The molecule has 8 heteroatoms. The predicted molar refractivity (Wildman–Crippen MR) is 167 cm³/mol. The van der Waals surface area contributed by atoms with Crippen molar-refractivity contribution >= 4 is 17.0 Å². The Balaban J connectivity index is 1.39.